The van der Waals surface area contributed by atoms with Crippen LogP contribution in [-0.4, -0.2) is 52.9 Å². The van der Waals surface area contributed by atoms with Crippen LogP contribution in [0.5, 0.6) is 0 Å². The molecule has 0 amide bonds. The molecule has 2 N–H and O–H groups in total. The van der Waals surface area contributed by atoms with Crippen LogP contribution in [0.15, 0.2) is 4.99 Å². The summed E-state index contributed by atoms with van der Waals surface area (Å²) in [7, 11) is 3.87. The maximum Gasteiger partial charge on any atom is 0.191 e. The molecule has 2 fully saturated rings. The molecule has 1 aliphatic heterocycles. The number of aryl methyl sites for hydroxylation is 2. The molecule has 1 saturated heterocycles. The van der Waals surface area contributed by atoms with Crippen LogP contribution < -0.4 is 10.6 Å². The summed E-state index contributed by atoms with van der Waals surface area (Å²) in [5.74, 6) is 0.902. The third-order valence-corrected chi connectivity index (χ3v) is 6.71. The van der Waals surface area contributed by atoms with Crippen LogP contribution in [-0.2, 0) is 13.6 Å². The van der Waals surface area contributed by atoms with E-state index < -0.39 is 0 Å². The lowest BCUT2D eigenvalue weighted by molar-refractivity contribution is 0.0368. The number of hydrogen-bond acceptors (Lipinski definition) is 3. The Balaban J connectivity index is 0.00000280. The fraction of sp³-hybridized carbons (Fsp3) is 0.810. The Morgan fingerprint density at radius 1 is 1.04 bits per heavy atom. The predicted molar refractivity (Wildman–Crippen MR) is 128 cm³/mol. The van der Waals surface area contributed by atoms with Crippen molar-refractivity contribution in [3.05, 3.63) is 17.0 Å². The molecule has 0 unspecified atom stereocenters. The average Bonchev–Trinajstić information content (AvgIpc) is 2.95. The highest BCUT2D eigenvalue weighted by molar-refractivity contribution is 14.0. The van der Waals surface area contributed by atoms with Gasteiger partial charge in [-0.05, 0) is 52.6 Å². The van der Waals surface area contributed by atoms with E-state index in [1.807, 2.05) is 18.8 Å². The molecule has 1 aliphatic carbocycles. The Hall–Kier alpha value is -0.830. The van der Waals surface area contributed by atoms with Crippen LogP contribution in [0.4, 0.5) is 0 Å². The van der Waals surface area contributed by atoms with Gasteiger partial charge in [-0.3, -0.25) is 14.6 Å². The van der Waals surface area contributed by atoms with Crippen LogP contribution in [0.3, 0.4) is 0 Å². The molecule has 1 aromatic rings. The van der Waals surface area contributed by atoms with Crippen molar-refractivity contribution >= 4 is 29.9 Å². The number of likely N-dealkylation sites (tertiary alicyclic amines) is 1. The number of halogens is 1. The molecule has 1 aromatic heterocycles. The van der Waals surface area contributed by atoms with Gasteiger partial charge in [-0.1, -0.05) is 25.7 Å². The Kier molecular flexibility index (Phi) is 9.05. The predicted octanol–water partition coefficient (Wildman–Crippen LogP) is 3.51. The third-order valence-electron chi connectivity index (χ3n) is 6.71. The summed E-state index contributed by atoms with van der Waals surface area (Å²) in [6, 6.07) is 0. The minimum atomic E-state index is 0. The van der Waals surface area contributed by atoms with E-state index in [0.29, 0.717) is 5.54 Å². The summed E-state index contributed by atoms with van der Waals surface area (Å²) in [5, 5.41) is 11.7. The first-order valence-corrected chi connectivity index (χ1v) is 10.7. The summed E-state index contributed by atoms with van der Waals surface area (Å²) in [4.78, 5) is 7.26. The molecule has 3 rings (SSSR count). The summed E-state index contributed by atoms with van der Waals surface area (Å²) in [6.45, 7) is 8.50. The molecule has 160 valence electrons. The molecule has 7 heteroatoms. The van der Waals surface area contributed by atoms with E-state index in [-0.39, 0.29) is 24.0 Å². The van der Waals surface area contributed by atoms with Gasteiger partial charge < -0.3 is 10.6 Å². The van der Waals surface area contributed by atoms with Gasteiger partial charge in [-0.2, -0.15) is 5.10 Å². The zero-order valence-electron chi connectivity index (χ0n) is 18.2. The van der Waals surface area contributed by atoms with Gasteiger partial charge in [0.05, 0.1) is 5.69 Å². The molecule has 28 heavy (non-hydrogen) atoms. The minimum absolute atomic E-state index is 0. The lowest BCUT2D eigenvalue weighted by atomic mass is 9.79. The van der Waals surface area contributed by atoms with Gasteiger partial charge >= 0.3 is 0 Å². The Morgan fingerprint density at radius 2 is 1.68 bits per heavy atom. The molecule has 2 aliphatic rings. The topological polar surface area (TPSA) is 57.5 Å². The van der Waals surface area contributed by atoms with Gasteiger partial charge in [-0.15, -0.1) is 24.0 Å². The van der Waals surface area contributed by atoms with E-state index in [4.69, 9.17) is 0 Å². The summed E-state index contributed by atoms with van der Waals surface area (Å²) in [6.07, 6.45) is 10.9. The number of nitrogens with one attached hydrogen (secondary N) is 2. The fourth-order valence-corrected chi connectivity index (χ4v) is 4.90. The number of guanidine groups is 1. The monoisotopic (exact) mass is 502 g/mol. The first-order chi connectivity index (χ1) is 13.1. The zero-order chi connectivity index (χ0) is 19.3. The number of rotatable bonds is 5. The van der Waals surface area contributed by atoms with Crippen LogP contribution >= 0.6 is 24.0 Å². The Bertz CT molecular complexity index is 642. The molecule has 2 heterocycles. The molecule has 0 spiro atoms. The molecule has 6 nitrogen and oxygen atoms in total. The largest absolute Gasteiger partial charge is 0.355 e. The fourth-order valence-electron chi connectivity index (χ4n) is 4.90. The maximum absolute atomic E-state index is 4.52. The van der Waals surface area contributed by atoms with Crippen molar-refractivity contribution in [3.63, 3.8) is 0 Å². The lowest BCUT2D eigenvalue weighted by Crippen LogP contribution is -2.59. The first kappa shape index (κ1) is 23.4. The molecular weight excluding hydrogens is 463 g/mol. The highest BCUT2D eigenvalue weighted by Crippen LogP contribution is 2.35. The SMILES string of the molecule is CN=C(NCc1c(C)nn(C)c1C)NCC1(N2CCCCC2)CCCCC1.I. The lowest BCUT2D eigenvalue weighted by Gasteiger charge is -2.48. The second kappa shape index (κ2) is 10.8. The average molecular weight is 502 g/mol. The molecular formula is C21H39IN6. The third kappa shape index (κ3) is 5.40. The van der Waals surface area contributed by atoms with Crippen LogP contribution in [0.25, 0.3) is 0 Å². The van der Waals surface area contributed by atoms with E-state index in [9.17, 15) is 0 Å². The molecule has 0 radical (unpaired) electrons. The Morgan fingerprint density at radius 3 is 2.25 bits per heavy atom. The van der Waals surface area contributed by atoms with Gasteiger partial charge in [0.15, 0.2) is 5.96 Å². The van der Waals surface area contributed by atoms with E-state index in [0.717, 1.165) is 24.7 Å². The van der Waals surface area contributed by atoms with Gasteiger partial charge in [0.25, 0.3) is 0 Å². The second-order valence-electron chi connectivity index (χ2n) is 8.39. The molecule has 1 saturated carbocycles. The van der Waals surface area contributed by atoms with E-state index >= 15 is 0 Å². The van der Waals surface area contributed by atoms with Crippen molar-refractivity contribution in [2.45, 2.75) is 77.3 Å². The van der Waals surface area contributed by atoms with Crippen molar-refractivity contribution in [1.29, 1.82) is 0 Å². The van der Waals surface area contributed by atoms with Crippen molar-refractivity contribution < 1.29 is 0 Å². The van der Waals surface area contributed by atoms with E-state index in [1.165, 1.54) is 75.7 Å². The number of aliphatic imine (C=N–C) groups is 1. The summed E-state index contributed by atoms with van der Waals surface area (Å²) >= 11 is 0. The van der Waals surface area contributed by atoms with Gasteiger partial charge in [0.2, 0.25) is 0 Å². The minimum Gasteiger partial charge on any atom is -0.355 e. The molecule has 0 atom stereocenters. The number of piperidine rings is 1. The number of aromatic nitrogens is 2. The summed E-state index contributed by atoms with van der Waals surface area (Å²) in [5.41, 5.74) is 3.89. The number of hydrogen-bond donors (Lipinski definition) is 2. The quantitative estimate of drug-likeness (QED) is 0.368. The molecule has 0 bridgehead atoms. The van der Waals surface area contributed by atoms with Crippen LogP contribution in [0.2, 0.25) is 0 Å². The van der Waals surface area contributed by atoms with Gasteiger partial charge in [0, 0.05) is 44.0 Å². The maximum atomic E-state index is 4.52. The van der Waals surface area contributed by atoms with Gasteiger partial charge in [0.1, 0.15) is 0 Å². The first-order valence-electron chi connectivity index (χ1n) is 10.7. The van der Waals surface area contributed by atoms with E-state index in [1.54, 1.807) is 0 Å². The van der Waals surface area contributed by atoms with Crippen molar-refractivity contribution in [3.8, 4) is 0 Å². The normalized spacial score (nSPS) is 20.5. The highest BCUT2D eigenvalue weighted by atomic mass is 127. The van der Waals surface area contributed by atoms with Crippen molar-refractivity contribution in [2.75, 3.05) is 26.7 Å². The number of nitrogens with zero attached hydrogens (tertiary/aromatic N) is 4. The zero-order valence-corrected chi connectivity index (χ0v) is 20.5. The van der Waals surface area contributed by atoms with E-state index in [2.05, 4.69) is 39.5 Å². The van der Waals surface area contributed by atoms with Crippen LogP contribution in [0, 0.1) is 13.8 Å². The Labute approximate surface area is 187 Å². The summed E-state index contributed by atoms with van der Waals surface area (Å²) < 4.78 is 1.95. The van der Waals surface area contributed by atoms with Crippen LogP contribution in [0.1, 0.15) is 68.3 Å². The second-order valence-corrected chi connectivity index (χ2v) is 8.39. The molecule has 0 aromatic carbocycles. The van der Waals surface area contributed by atoms with Crippen molar-refractivity contribution in [1.82, 2.24) is 25.3 Å². The highest BCUT2D eigenvalue weighted by Gasteiger charge is 2.38. The standard InChI is InChI=1S/C21H38N6.HI/c1-17-19(18(2)26(4)25-17)15-23-20(22-3)24-16-21(11-7-5-8-12-21)27-13-9-6-10-14-27;/h5-16H2,1-4H3,(H2,22,23,24);1H. The van der Waals surface area contributed by atoms with Crippen molar-refractivity contribution in [2.24, 2.45) is 12.0 Å². The van der Waals surface area contributed by atoms with Gasteiger partial charge in [-0.25, -0.2) is 0 Å². The smallest absolute Gasteiger partial charge is 0.191 e.